The lowest BCUT2D eigenvalue weighted by Gasteiger charge is -2.11. The maximum Gasteiger partial charge on any atom is 0.335 e. The molecule has 2 aromatic rings. The number of hydrogen-bond donors (Lipinski definition) is 1. The number of aromatic carboxylic acids is 1. The van der Waals surface area contributed by atoms with Crippen LogP contribution >= 0.6 is 0 Å². The minimum absolute atomic E-state index is 0.208. The van der Waals surface area contributed by atoms with E-state index in [0.717, 1.165) is 5.56 Å². The van der Waals surface area contributed by atoms with Gasteiger partial charge in [-0.2, -0.15) is 5.26 Å². The molecular formula is C16H13NO3. The fourth-order valence-electron chi connectivity index (χ4n) is 1.82. The van der Waals surface area contributed by atoms with Crippen molar-refractivity contribution in [2.24, 2.45) is 0 Å². The summed E-state index contributed by atoms with van der Waals surface area (Å²) >= 11 is 0. The molecule has 0 fully saturated rings. The highest BCUT2D eigenvalue weighted by Gasteiger charge is 2.10. The van der Waals surface area contributed by atoms with E-state index in [9.17, 15) is 4.79 Å². The molecule has 0 aliphatic rings. The zero-order valence-electron chi connectivity index (χ0n) is 11.2. The van der Waals surface area contributed by atoms with Crippen molar-refractivity contribution in [3.05, 3.63) is 58.7 Å². The number of hydrogen-bond acceptors (Lipinski definition) is 3. The number of rotatable bonds is 3. The van der Waals surface area contributed by atoms with Gasteiger partial charge in [0.15, 0.2) is 0 Å². The van der Waals surface area contributed by atoms with Crippen molar-refractivity contribution in [2.45, 2.75) is 13.8 Å². The van der Waals surface area contributed by atoms with Crippen molar-refractivity contribution in [1.29, 1.82) is 5.26 Å². The average molecular weight is 267 g/mol. The van der Waals surface area contributed by atoms with Crippen molar-refractivity contribution < 1.29 is 14.6 Å². The Hall–Kier alpha value is -2.80. The highest BCUT2D eigenvalue weighted by Crippen LogP contribution is 2.29. The number of benzene rings is 2. The summed E-state index contributed by atoms with van der Waals surface area (Å²) < 4.78 is 5.73. The van der Waals surface area contributed by atoms with Crippen LogP contribution < -0.4 is 4.74 Å². The van der Waals surface area contributed by atoms with Crippen LogP contribution in [0.25, 0.3) is 0 Å². The third kappa shape index (κ3) is 2.78. The zero-order chi connectivity index (χ0) is 14.7. The van der Waals surface area contributed by atoms with Crippen molar-refractivity contribution >= 4 is 5.97 Å². The first-order valence-electron chi connectivity index (χ1n) is 6.04. The van der Waals surface area contributed by atoms with Crippen LogP contribution in [0.5, 0.6) is 11.5 Å². The lowest BCUT2D eigenvalue weighted by molar-refractivity contribution is 0.0697. The summed E-state index contributed by atoms with van der Waals surface area (Å²) in [5, 5.41) is 18.0. The lowest BCUT2D eigenvalue weighted by atomic mass is 10.1. The van der Waals surface area contributed by atoms with Crippen LogP contribution in [0.15, 0.2) is 36.4 Å². The fraction of sp³-hybridized carbons (Fsp3) is 0.125. The first-order chi connectivity index (χ1) is 9.51. The lowest BCUT2D eigenvalue weighted by Crippen LogP contribution is -1.98. The Morgan fingerprint density at radius 3 is 2.50 bits per heavy atom. The highest BCUT2D eigenvalue weighted by atomic mass is 16.5. The van der Waals surface area contributed by atoms with Crippen LogP contribution in [0, 0.1) is 25.2 Å². The monoisotopic (exact) mass is 267 g/mol. The molecule has 0 radical (unpaired) electrons. The summed E-state index contributed by atoms with van der Waals surface area (Å²) in [6.45, 7) is 3.68. The molecule has 100 valence electrons. The predicted octanol–water partition coefficient (Wildman–Crippen LogP) is 3.67. The second-order valence-corrected chi connectivity index (χ2v) is 4.50. The molecule has 0 aromatic heterocycles. The number of carboxylic acids is 1. The molecule has 0 amide bonds. The Labute approximate surface area is 116 Å². The Morgan fingerprint density at radius 2 is 1.90 bits per heavy atom. The van der Waals surface area contributed by atoms with Gasteiger partial charge in [-0.1, -0.05) is 6.07 Å². The Morgan fingerprint density at radius 1 is 1.15 bits per heavy atom. The largest absolute Gasteiger partial charge is 0.478 e. The number of nitriles is 1. The van der Waals surface area contributed by atoms with E-state index in [-0.39, 0.29) is 5.56 Å². The van der Waals surface area contributed by atoms with Gasteiger partial charge in [0.05, 0.1) is 11.1 Å². The Bertz CT molecular complexity index is 714. The molecule has 0 aliphatic heterocycles. The number of carbonyl (C=O) groups is 1. The molecule has 20 heavy (non-hydrogen) atoms. The van der Waals surface area contributed by atoms with Crippen molar-refractivity contribution in [3.8, 4) is 17.6 Å². The average Bonchev–Trinajstić information content (AvgIpc) is 2.41. The van der Waals surface area contributed by atoms with Gasteiger partial charge in [0, 0.05) is 0 Å². The van der Waals surface area contributed by atoms with Crippen LogP contribution in [0.1, 0.15) is 27.0 Å². The van der Waals surface area contributed by atoms with Crippen LogP contribution in [-0.4, -0.2) is 11.1 Å². The third-order valence-corrected chi connectivity index (χ3v) is 2.90. The second-order valence-electron chi connectivity index (χ2n) is 4.50. The fourth-order valence-corrected chi connectivity index (χ4v) is 1.82. The number of ether oxygens (including phenoxy) is 1. The summed E-state index contributed by atoms with van der Waals surface area (Å²) in [6, 6.07) is 12.0. The van der Waals surface area contributed by atoms with Crippen molar-refractivity contribution in [3.63, 3.8) is 0 Å². The maximum absolute atomic E-state index is 10.9. The van der Waals surface area contributed by atoms with E-state index in [1.54, 1.807) is 31.2 Å². The standard InChI is InChI=1S/C16H13NO3/c1-10-3-4-13(9-17)15(7-10)20-14-6-5-12(16(18)19)8-11(14)2/h3-8H,1-2H3,(H,18,19). The second kappa shape index (κ2) is 5.45. The third-order valence-electron chi connectivity index (χ3n) is 2.90. The molecule has 0 spiro atoms. The molecule has 1 N–H and O–H groups in total. The van der Waals surface area contributed by atoms with Crippen LogP contribution in [0.3, 0.4) is 0 Å². The van der Waals surface area contributed by atoms with Gasteiger partial charge in [-0.05, 0) is 55.3 Å². The Kier molecular flexibility index (Phi) is 3.72. The molecule has 0 unspecified atom stereocenters. The number of aryl methyl sites for hydroxylation is 2. The van der Waals surface area contributed by atoms with E-state index >= 15 is 0 Å². The minimum atomic E-state index is -0.979. The smallest absolute Gasteiger partial charge is 0.335 e. The van der Waals surface area contributed by atoms with E-state index in [2.05, 4.69) is 6.07 Å². The highest BCUT2D eigenvalue weighted by molar-refractivity contribution is 5.88. The molecule has 0 heterocycles. The van der Waals surface area contributed by atoms with Gasteiger partial charge in [-0.3, -0.25) is 0 Å². The van der Waals surface area contributed by atoms with Gasteiger partial charge >= 0.3 is 5.97 Å². The molecule has 0 saturated heterocycles. The van der Waals surface area contributed by atoms with E-state index in [4.69, 9.17) is 15.1 Å². The van der Waals surface area contributed by atoms with E-state index in [1.807, 2.05) is 13.0 Å². The molecule has 0 aliphatic carbocycles. The van der Waals surface area contributed by atoms with Gasteiger partial charge in [-0.15, -0.1) is 0 Å². The van der Waals surface area contributed by atoms with Gasteiger partial charge in [0.2, 0.25) is 0 Å². The summed E-state index contributed by atoms with van der Waals surface area (Å²) in [6.07, 6.45) is 0. The van der Waals surface area contributed by atoms with Crippen molar-refractivity contribution in [2.75, 3.05) is 0 Å². The minimum Gasteiger partial charge on any atom is -0.478 e. The maximum atomic E-state index is 10.9. The summed E-state index contributed by atoms with van der Waals surface area (Å²) in [7, 11) is 0. The van der Waals surface area contributed by atoms with Gasteiger partial charge in [-0.25, -0.2) is 4.79 Å². The molecular weight excluding hydrogens is 254 g/mol. The van der Waals surface area contributed by atoms with Gasteiger partial charge in [0.25, 0.3) is 0 Å². The number of carboxylic acid groups (broad SMARTS) is 1. The first-order valence-corrected chi connectivity index (χ1v) is 6.04. The van der Waals surface area contributed by atoms with Crippen LogP contribution in [0.4, 0.5) is 0 Å². The molecule has 4 nitrogen and oxygen atoms in total. The van der Waals surface area contributed by atoms with Crippen molar-refractivity contribution in [1.82, 2.24) is 0 Å². The van der Waals surface area contributed by atoms with Crippen LogP contribution in [0.2, 0.25) is 0 Å². The molecule has 2 rings (SSSR count). The van der Waals surface area contributed by atoms with E-state index in [1.165, 1.54) is 6.07 Å². The zero-order valence-corrected chi connectivity index (χ0v) is 11.2. The Balaban J connectivity index is 2.38. The molecule has 0 saturated carbocycles. The quantitative estimate of drug-likeness (QED) is 0.921. The topological polar surface area (TPSA) is 70.3 Å². The van der Waals surface area contributed by atoms with Crippen LogP contribution in [-0.2, 0) is 0 Å². The number of nitrogens with zero attached hydrogens (tertiary/aromatic N) is 1. The normalized spacial score (nSPS) is 9.85. The first kappa shape index (κ1) is 13.6. The SMILES string of the molecule is Cc1ccc(C#N)c(Oc2ccc(C(=O)O)cc2C)c1. The summed E-state index contributed by atoms with van der Waals surface area (Å²) in [5.74, 6) is 0.0312. The summed E-state index contributed by atoms with van der Waals surface area (Å²) in [4.78, 5) is 10.9. The molecule has 2 aromatic carbocycles. The predicted molar refractivity (Wildman–Crippen MR) is 74.1 cm³/mol. The summed E-state index contributed by atoms with van der Waals surface area (Å²) in [5.41, 5.74) is 2.34. The van der Waals surface area contributed by atoms with Gasteiger partial charge < -0.3 is 9.84 Å². The molecule has 0 bridgehead atoms. The van der Waals surface area contributed by atoms with Gasteiger partial charge in [0.1, 0.15) is 17.6 Å². The van der Waals surface area contributed by atoms with E-state index in [0.29, 0.717) is 22.6 Å². The molecule has 0 atom stereocenters. The van der Waals surface area contributed by atoms with E-state index < -0.39 is 5.97 Å². The molecule has 4 heteroatoms.